The minimum absolute atomic E-state index is 0.131. The van der Waals surface area contributed by atoms with Crippen molar-refractivity contribution < 1.29 is 24.5 Å². The van der Waals surface area contributed by atoms with Gasteiger partial charge >= 0.3 is 5.97 Å². The first-order chi connectivity index (χ1) is 12.8. The number of carbonyl (C=O) groups is 2. The van der Waals surface area contributed by atoms with Crippen LogP contribution in [0.5, 0.6) is 0 Å². The first kappa shape index (κ1) is 26.1. The lowest BCUT2D eigenvalue weighted by molar-refractivity contribution is -0.157. The SMILES string of the molecule is CCC(C)(CC)C(=O)CCCCCCCCCCC(=O)OC(CO)C(C)O. The zero-order valence-electron chi connectivity index (χ0n) is 18.0. The number of unbranched alkanes of at least 4 members (excludes halogenated alkanes) is 7. The Morgan fingerprint density at radius 2 is 1.33 bits per heavy atom. The molecule has 0 saturated heterocycles. The van der Waals surface area contributed by atoms with Crippen LogP contribution in [0.2, 0.25) is 0 Å². The third kappa shape index (κ3) is 11.5. The van der Waals surface area contributed by atoms with Gasteiger partial charge in [-0.05, 0) is 32.6 Å². The summed E-state index contributed by atoms with van der Waals surface area (Å²) in [7, 11) is 0. The minimum Gasteiger partial charge on any atom is -0.457 e. The van der Waals surface area contributed by atoms with E-state index in [-0.39, 0.29) is 18.0 Å². The Balaban J connectivity index is 3.58. The zero-order valence-corrected chi connectivity index (χ0v) is 18.0. The molecule has 2 atom stereocenters. The summed E-state index contributed by atoms with van der Waals surface area (Å²) < 4.78 is 5.03. The number of esters is 1. The third-order valence-corrected chi connectivity index (χ3v) is 5.77. The predicted molar refractivity (Wildman–Crippen MR) is 109 cm³/mol. The minimum atomic E-state index is -0.855. The van der Waals surface area contributed by atoms with Crippen LogP contribution in [0, 0.1) is 5.41 Å². The number of ether oxygens (including phenoxy) is 1. The van der Waals surface area contributed by atoms with Gasteiger partial charge in [-0.3, -0.25) is 9.59 Å². The maximum absolute atomic E-state index is 12.2. The molecular formula is C22H42O5. The fourth-order valence-corrected chi connectivity index (χ4v) is 3.08. The van der Waals surface area contributed by atoms with Gasteiger partial charge in [0, 0.05) is 18.3 Å². The molecule has 0 aromatic carbocycles. The van der Waals surface area contributed by atoms with E-state index < -0.39 is 12.2 Å². The quantitative estimate of drug-likeness (QED) is 0.283. The lowest BCUT2D eigenvalue weighted by Gasteiger charge is -2.24. The van der Waals surface area contributed by atoms with Crippen molar-refractivity contribution in [2.75, 3.05) is 6.61 Å². The molecule has 0 radical (unpaired) electrons. The van der Waals surface area contributed by atoms with Gasteiger partial charge in [-0.2, -0.15) is 0 Å². The summed E-state index contributed by atoms with van der Waals surface area (Å²) in [6.07, 6.45) is 9.67. The molecule has 0 rings (SSSR count). The Labute approximate surface area is 165 Å². The second-order valence-corrected chi connectivity index (χ2v) is 7.97. The Morgan fingerprint density at radius 3 is 1.74 bits per heavy atom. The van der Waals surface area contributed by atoms with Gasteiger partial charge in [-0.15, -0.1) is 0 Å². The maximum atomic E-state index is 12.2. The molecule has 160 valence electrons. The first-order valence-corrected chi connectivity index (χ1v) is 10.8. The molecule has 0 aliphatic carbocycles. The van der Waals surface area contributed by atoms with Gasteiger partial charge in [0.2, 0.25) is 0 Å². The Hall–Kier alpha value is -0.940. The van der Waals surface area contributed by atoms with Crippen LogP contribution in [0.4, 0.5) is 0 Å². The van der Waals surface area contributed by atoms with E-state index in [2.05, 4.69) is 20.8 Å². The van der Waals surface area contributed by atoms with E-state index in [0.29, 0.717) is 18.6 Å². The van der Waals surface area contributed by atoms with Crippen molar-refractivity contribution in [3.8, 4) is 0 Å². The number of aliphatic hydroxyl groups excluding tert-OH is 2. The van der Waals surface area contributed by atoms with Crippen molar-refractivity contribution in [1.82, 2.24) is 0 Å². The van der Waals surface area contributed by atoms with Crippen molar-refractivity contribution in [2.45, 2.75) is 117 Å². The number of rotatable bonds is 17. The van der Waals surface area contributed by atoms with Crippen molar-refractivity contribution in [3.05, 3.63) is 0 Å². The van der Waals surface area contributed by atoms with Gasteiger partial charge in [-0.25, -0.2) is 0 Å². The molecule has 0 aliphatic rings. The van der Waals surface area contributed by atoms with E-state index in [9.17, 15) is 14.7 Å². The molecule has 0 aromatic heterocycles. The summed E-state index contributed by atoms with van der Waals surface area (Å²) in [6.45, 7) is 7.42. The van der Waals surface area contributed by atoms with E-state index in [1.807, 2.05) is 0 Å². The van der Waals surface area contributed by atoms with Crippen LogP contribution < -0.4 is 0 Å². The Bertz CT molecular complexity index is 402. The van der Waals surface area contributed by atoms with Crippen LogP contribution in [0.3, 0.4) is 0 Å². The van der Waals surface area contributed by atoms with Crippen LogP contribution in [0.25, 0.3) is 0 Å². The monoisotopic (exact) mass is 386 g/mol. The largest absolute Gasteiger partial charge is 0.457 e. The van der Waals surface area contributed by atoms with E-state index >= 15 is 0 Å². The van der Waals surface area contributed by atoms with Crippen LogP contribution in [-0.4, -0.2) is 40.8 Å². The van der Waals surface area contributed by atoms with Gasteiger partial charge in [0.15, 0.2) is 6.10 Å². The highest BCUT2D eigenvalue weighted by Crippen LogP contribution is 2.28. The number of carbonyl (C=O) groups excluding carboxylic acids is 2. The zero-order chi connectivity index (χ0) is 20.7. The van der Waals surface area contributed by atoms with Crippen molar-refractivity contribution in [1.29, 1.82) is 0 Å². The molecule has 0 aromatic rings. The normalized spacial score (nSPS) is 14.0. The van der Waals surface area contributed by atoms with Gasteiger partial charge < -0.3 is 14.9 Å². The van der Waals surface area contributed by atoms with Gasteiger partial charge in [0.05, 0.1) is 12.7 Å². The fourth-order valence-electron chi connectivity index (χ4n) is 3.08. The molecule has 0 amide bonds. The molecule has 27 heavy (non-hydrogen) atoms. The number of hydrogen-bond donors (Lipinski definition) is 2. The summed E-state index contributed by atoms with van der Waals surface area (Å²) in [5.41, 5.74) is -0.131. The summed E-state index contributed by atoms with van der Waals surface area (Å²) in [5, 5.41) is 18.3. The topological polar surface area (TPSA) is 83.8 Å². The number of ketones is 1. The Morgan fingerprint density at radius 1 is 0.889 bits per heavy atom. The van der Waals surface area contributed by atoms with E-state index in [0.717, 1.165) is 57.8 Å². The van der Waals surface area contributed by atoms with E-state index in [1.165, 1.54) is 13.3 Å². The van der Waals surface area contributed by atoms with Crippen LogP contribution in [0.15, 0.2) is 0 Å². The highest BCUT2D eigenvalue weighted by atomic mass is 16.6. The smallest absolute Gasteiger partial charge is 0.306 e. The molecule has 0 saturated carbocycles. The average molecular weight is 387 g/mol. The number of aliphatic hydroxyl groups is 2. The lowest BCUT2D eigenvalue weighted by atomic mass is 9.78. The van der Waals surface area contributed by atoms with Gasteiger partial charge in [-0.1, -0.05) is 59.3 Å². The van der Waals surface area contributed by atoms with Crippen molar-refractivity contribution >= 4 is 11.8 Å². The number of hydrogen-bond acceptors (Lipinski definition) is 5. The van der Waals surface area contributed by atoms with Crippen molar-refractivity contribution in [3.63, 3.8) is 0 Å². The predicted octanol–water partition coefficient (Wildman–Crippen LogP) is 4.57. The molecule has 0 bridgehead atoms. The summed E-state index contributed by atoms with van der Waals surface area (Å²) in [6, 6.07) is 0. The summed E-state index contributed by atoms with van der Waals surface area (Å²) >= 11 is 0. The van der Waals surface area contributed by atoms with Crippen LogP contribution in [-0.2, 0) is 14.3 Å². The Kier molecular flexibility index (Phi) is 14.5. The molecule has 2 unspecified atom stereocenters. The summed E-state index contributed by atoms with van der Waals surface area (Å²) in [4.78, 5) is 23.9. The highest BCUT2D eigenvalue weighted by Gasteiger charge is 2.27. The van der Waals surface area contributed by atoms with E-state index in [1.54, 1.807) is 0 Å². The third-order valence-electron chi connectivity index (χ3n) is 5.77. The second-order valence-electron chi connectivity index (χ2n) is 7.97. The van der Waals surface area contributed by atoms with Crippen molar-refractivity contribution in [2.24, 2.45) is 5.41 Å². The molecule has 2 N–H and O–H groups in total. The first-order valence-electron chi connectivity index (χ1n) is 10.8. The molecule has 0 heterocycles. The fraction of sp³-hybridized carbons (Fsp3) is 0.909. The average Bonchev–Trinajstić information content (AvgIpc) is 2.66. The maximum Gasteiger partial charge on any atom is 0.306 e. The lowest BCUT2D eigenvalue weighted by Crippen LogP contribution is -2.32. The summed E-state index contributed by atoms with van der Waals surface area (Å²) in [5.74, 6) is 0.0594. The standard InChI is InChI=1S/C22H42O5/c1-5-22(4,6-2)20(25)15-13-11-9-7-8-10-12-14-16-21(26)27-19(17-23)18(3)24/h18-19,23-24H,5-17H2,1-4H3. The molecular weight excluding hydrogens is 344 g/mol. The molecule has 0 spiro atoms. The van der Waals surface area contributed by atoms with Crippen LogP contribution >= 0.6 is 0 Å². The number of Topliss-reactive ketones (excluding diaryl/α,β-unsaturated/α-hetero) is 1. The molecule has 5 nitrogen and oxygen atoms in total. The van der Waals surface area contributed by atoms with Gasteiger partial charge in [0.1, 0.15) is 5.78 Å². The molecule has 0 fully saturated rings. The van der Waals surface area contributed by atoms with E-state index in [4.69, 9.17) is 9.84 Å². The molecule has 0 aliphatic heterocycles. The second kappa shape index (κ2) is 15.0. The molecule has 5 heteroatoms. The highest BCUT2D eigenvalue weighted by molar-refractivity contribution is 5.84. The van der Waals surface area contributed by atoms with Crippen LogP contribution in [0.1, 0.15) is 105 Å². The van der Waals surface area contributed by atoms with Gasteiger partial charge in [0.25, 0.3) is 0 Å².